The normalized spacial score (nSPS) is 10.9. The van der Waals surface area contributed by atoms with Crippen LogP contribution in [0.1, 0.15) is 0 Å². The van der Waals surface area contributed by atoms with E-state index in [-0.39, 0.29) is 11.2 Å². The van der Waals surface area contributed by atoms with Crippen molar-refractivity contribution in [2.75, 3.05) is 7.11 Å². The smallest absolute Gasteiger partial charge is 0.332 e. The number of ether oxygens (including phenoxy) is 1. The zero-order valence-electron chi connectivity index (χ0n) is 12.3. The van der Waals surface area contributed by atoms with E-state index in [0.717, 1.165) is 4.57 Å². The number of methoxy groups -OCH3 is 1. The first-order valence-electron chi connectivity index (χ1n) is 6.48. The van der Waals surface area contributed by atoms with E-state index in [9.17, 15) is 9.59 Å². The van der Waals surface area contributed by atoms with Gasteiger partial charge in [0, 0.05) is 19.7 Å². The van der Waals surface area contributed by atoms with Crippen LogP contribution in [0, 0.1) is 0 Å². The number of fused-ring (bicyclic) bond motifs is 1. The SMILES string of the molecule is COc1ccc(-c2nnc3c(n2)c(=O)n(C)c(=O)n3C)cc1. The molecule has 8 nitrogen and oxygen atoms in total. The van der Waals surface area contributed by atoms with Gasteiger partial charge in [0.2, 0.25) is 0 Å². The fourth-order valence-electron chi connectivity index (χ4n) is 2.11. The van der Waals surface area contributed by atoms with Gasteiger partial charge in [0.05, 0.1) is 7.11 Å². The van der Waals surface area contributed by atoms with Gasteiger partial charge in [-0.1, -0.05) is 0 Å². The lowest BCUT2D eigenvalue weighted by Gasteiger charge is -2.06. The van der Waals surface area contributed by atoms with Crippen LogP contribution in [0.25, 0.3) is 22.6 Å². The summed E-state index contributed by atoms with van der Waals surface area (Å²) < 4.78 is 7.33. The minimum absolute atomic E-state index is 0.102. The zero-order valence-corrected chi connectivity index (χ0v) is 12.3. The third kappa shape index (κ3) is 2.05. The highest BCUT2D eigenvalue weighted by Gasteiger charge is 2.13. The highest BCUT2D eigenvalue weighted by atomic mass is 16.5. The van der Waals surface area contributed by atoms with Crippen LogP contribution < -0.4 is 16.0 Å². The van der Waals surface area contributed by atoms with Gasteiger partial charge in [0.15, 0.2) is 17.0 Å². The predicted molar refractivity (Wildman–Crippen MR) is 79.8 cm³/mol. The molecule has 1 aromatic carbocycles. The first-order chi connectivity index (χ1) is 10.5. The average molecular weight is 299 g/mol. The number of nitrogens with zero attached hydrogens (tertiary/aromatic N) is 5. The molecule has 8 heteroatoms. The summed E-state index contributed by atoms with van der Waals surface area (Å²) in [6.45, 7) is 0. The zero-order chi connectivity index (χ0) is 15.9. The van der Waals surface area contributed by atoms with Crippen LogP contribution in [0.4, 0.5) is 0 Å². The van der Waals surface area contributed by atoms with Crippen LogP contribution in [0.3, 0.4) is 0 Å². The van der Waals surface area contributed by atoms with Crippen LogP contribution in [-0.4, -0.2) is 31.4 Å². The molecule has 0 N–H and O–H groups in total. The van der Waals surface area contributed by atoms with Gasteiger partial charge in [-0.15, -0.1) is 10.2 Å². The number of rotatable bonds is 2. The van der Waals surface area contributed by atoms with Crippen molar-refractivity contribution < 1.29 is 4.74 Å². The van der Waals surface area contributed by atoms with Crippen molar-refractivity contribution in [1.29, 1.82) is 0 Å². The first kappa shape index (κ1) is 13.9. The quantitative estimate of drug-likeness (QED) is 0.666. The van der Waals surface area contributed by atoms with Gasteiger partial charge in [-0.2, -0.15) is 0 Å². The van der Waals surface area contributed by atoms with Gasteiger partial charge < -0.3 is 4.74 Å². The lowest BCUT2D eigenvalue weighted by molar-refractivity contribution is 0.415. The summed E-state index contributed by atoms with van der Waals surface area (Å²) in [5, 5.41) is 7.96. The molecule has 0 aliphatic carbocycles. The molecule has 2 aromatic heterocycles. The lowest BCUT2D eigenvalue weighted by Crippen LogP contribution is -2.38. The Morgan fingerprint density at radius 1 is 1.00 bits per heavy atom. The second-order valence-corrected chi connectivity index (χ2v) is 4.74. The van der Waals surface area contributed by atoms with Crippen LogP contribution >= 0.6 is 0 Å². The van der Waals surface area contributed by atoms with Crippen molar-refractivity contribution in [3.63, 3.8) is 0 Å². The minimum Gasteiger partial charge on any atom is -0.497 e. The molecule has 0 unspecified atom stereocenters. The highest BCUT2D eigenvalue weighted by Crippen LogP contribution is 2.19. The molecular weight excluding hydrogens is 286 g/mol. The minimum atomic E-state index is -0.497. The molecule has 0 aliphatic heterocycles. The van der Waals surface area contributed by atoms with E-state index in [0.29, 0.717) is 17.1 Å². The Kier molecular flexibility index (Phi) is 3.21. The Hall–Kier alpha value is -3.03. The van der Waals surface area contributed by atoms with E-state index in [1.54, 1.807) is 31.4 Å². The van der Waals surface area contributed by atoms with Gasteiger partial charge in [-0.05, 0) is 24.3 Å². The molecule has 0 radical (unpaired) electrons. The molecule has 112 valence electrons. The molecule has 0 spiro atoms. The van der Waals surface area contributed by atoms with Crippen LogP contribution in [0.5, 0.6) is 5.75 Å². The molecule has 0 atom stereocenters. The Labute approximate surface area is 124 Å². The maximum absolute atomic E-state index is 12.2. The Morgan fingerprint density at radius 2 is 1.68 bits per heavy atom. The molecule has 3 aromatic rings. The molecule has 0 saturated heterocycles. The van der Waals surface area contributed by atoms with Crippen LogP contribution in [0.2, 0.25) is 0 Å². The van der Waals surface area contributed by atoms with Crippen molar-refractivity contribution in [3.8, 4) is 17.1 Å². The van der Waals surface area contributed by atoms with Gasteiger partial charge >= 0.3 is 5.69 Å². The van der Waals surface area contributed by atoms with E-state index >= 15 is 0 Å². The molecule has 0 saturated carbocycles. The van der Waals surface area contributed by atoms with Crippen molar-refractivity contribution >= 4 is 11.2 Å². The maximum atomic E-state index is 12.2. The second kappa shape index (κ2) is 5.06. The van der Waals surface area contributed by atoms with Crippen molar-refractivity contribution in [3.05, 3.63) is 45.1 Å². The van der Waals surface area contributed by atoms with Gasteiger partial charge in [-0.25, -0.2) is 9.78 Å². The van der Waals surface area contributed by atoms with Crippen molar-refractivity contribution in [2.45, 2.75) is 0 Å². The predicted octanol–water partition coefficient (Wildman–Crippen LogP) is 0.0978. The summed E-state index contributed by atoms with van der Waals surface area (Å²) >= 11 is 0. The lowest BCUT2D eigenvalue weighted by atomic mass is 10.2. The standard InChI is InChI=1S/C14H13N5O3/c1-18-12-10(13(20)19(2)14(18)21)15-11(16-17-12)8-4-6-9(22-3)7-5-8/h4-7H,1-3H3. The summed E-state index contributed by atoms with van der Waals surface area (Å²) in [5.41, 5.74) is -0.00422. The molecule has 0 amide bonds. The molecular formula is C14H13N5O3. The van der Waals surface area contributed by atoms with E-state index < -0.39 is 11.2 Å². The van der Waals surface area contributed by atoms with Gasteiger partial charge in [0.1, 0.15) is 5.75 Å². The molecule has 22 heavy (non-hydrogen) atoms. The Morgan fingerprint density at radius 3 is 2.32 bits per heavy atom. The molecule has 0 aliphatic rings. The van der Waals surface area contributed by atoms with Gasteiger partial charge in [0.25, 0.3) is 5.56 Å². The summed E-state index contributed by atoms with van der Waals surface area (Å²) in [4.78, 5) is 28.3. The van der Waals surface area contributed by atoms with E-state index in [4.69, 9.17) is 4.74 Å². The van der Waals surface area contributed by atoms with Crippen molar-refractivity contribution in [2.24, 2.45) is 14.1 Å². The fraction of sp³-hybridized carbons (Fsp3) is 0.214. The third-order valence-electron chi connectivity index (χ3n) is 3.42. The van der Waals surface area contributed by atoms with Crippen LogP contribution in [0.15, 0.2) is 33.9 Å². The highest BCUT2D eigenvalue weighted by molar-refractivity contribution is 5.71. The Balaban J connectivity index is 2.25. The number of hydrogen-bond donors (Lipinski definition) is 0. The topological polar surface area (TPSA) is 91.9 Å². The molecule has 0 bridgehead atoms. The maximum Gasteiger partial charge on any atom is 0.332 e. The number of aryl methyl sites for hydroxylation is 1. The third-order valence-corrected chi connectivity index (χ3v) is 3.42. The number of hydrogen-bond acceptors (Lipinski definition) is 6. The first-order valence-corrected chi connectivity index (χ1v) is 6.48. The van der Waals surface area contributed by atoms with Gasteiger partial charge in [-0.3, -0.25) is 13.9 Å². The van der Waals surface area contributed by atoms with E-state index in [1.165, 1.54) is 18.7 Å². The second-order valence-electron chi connectivity index (χ2n) is 4.74. The summed E-state index contributed by atoms with van der Waals surface area (Å²) in [6.07, 6.45) is 0. The Bertz CT molecular complexity index is 973. The summed E-state index contributed by atoms with van der Waals surface area (Å²) in [5.74, 6) is 1.02. The van der Waals surface area contributed by atoms with Crippen molar-refractivity contribution in [1.82, 2.24) is 24.3 Å². The molecule has 2 heterocycles. The molecule has 3 rings (SSSR count). The summed E-state index contributed by atoms with van der Waals surface area (Å²) in [6, 6.07) is 7.08. The largest absolute Gasteiger partial charge is 0.497 e. The monoisotopic (exact) mass is 299 g/mol. The average Bonchev–Trinajstić information content (AvgIpc) is 2.57. The van der Waals surface area contributed by atoms with Crippen LogP contribution in [-0.2, 0) is 14.1 Å². The number of benzene rings is 1. The van der Waals surface area contributed by atoms with E-state index in [1.807, 2.05) is 0 Å². The number of aromatic nitrogens is 5. The summed E-state index contributed by atoms with van der Waals surface area (Å²) in [7, 11) is 4.50. The fourth-order valence-corrected chi connectivity index (χ4v) is 2.11. The van der Waals surface area contributed by atoms with E-state index in [2.05, 4.69) is 15.2 Å². The molecule has 0 fully saturated rings.